The Kier molecular flexibility index (Phi) is 9.39. The molecule has 3 aliphatic rings. The lowest BCUT2D eigenvalue weighted by Gasteiger charge is -2.43. The highest BCUT2D eigenvalue weighted by Gasteiger charge is 2.40. The molecule has 0 radical (unpaired) electrons. The fourth-order valence-electron chi connectivity index (χ4n) is 4.97. The second-order valence-electron chi connectivity index (χ2n) is 8.46. The summed E-state index contributed by atoms with van der Waals surface area (Å²) in [7, 11) is 0. The highest BCUT2D eigenvalue weighted by molar-refractivity contribution is 14.0. The zero-order chi connectivity index (χ0) is 20.8. The molecule has 0 aromatic carbocycles. The Morgan fingerprint density at radius 1 is 1.13 bits per heavy atom. The monoisotopic (exact) mass is 561 g/mol. The van der Waals surface area contributed by atoms with E-state index in [1.165, 1.54) is 50.3 Å². The summed E-state index contributed by atoms with van der Waals surface area (Å²) < 4.78 is 5.28. The van der Waals surface area contributed by atoms with Gasteiger partial charge in [-0.3, -0.25) is 14.7 Å². The van der Waals surface area contributed by atoms with E-state index in [-0.39, 0.29) is 35.4 Å². The molecule has 1 aromatic heterocycles. The van der Waals surface area contributed by atoms with Crippen molar-refractivity contribution in [1.29, 1.82) is 0 Å². The van der Waals surface area contributed by atoms with Crippen molar-refractivity contribution in [1.82, 2.24) is 20.0 Å². The largest absolute Gasteiger partial charge is 0.459 e. The van der Waals surface area contributed by atoms with Crippen LogP contribution in [0.2, 0.25) is 0 Å². The van der Waals surface area contributed by atoms with Crippen LogP contribution < -0.4 is 5.32 Å². The molecular weight excluding hydrogens is 525 g/mol. The average Bonchev–Trinajstić information content (AvgIpc) is 3.50. The molecule has 3 heterocycles. The summed E-state index contributed by atoms with van der Waals surface area (Å²) in [5.74, 6) is 3.90. The average molecular weight is 562 g/mol. The van der Waals surface area contributed by atoms with E-state index in [4.69, 9.17) is 9.41 Å². The third kappa shape index (κ3) is 5.90. The number of carbonyl (C=O) groups is 1. The molecule has 7 nitrogen and oxygen atoms in total. The molecule has 0 bridgehead atoms. The van der Waals surface area contributed by atoms with Crippen LogP contribution in [-0.2, 0) is 0 Å². The van der Waals surface area contributed by atoms with Crippen LogP contribution >= 0.6 is 35.7 Å². The van der Waals surface area contributed by atoms with Crippen LogP contribution in [0.25, 0.3) is 0 Å². The first-order valence-electron chi connectivity index (χ1n) is 11.4. The Bertz CT molecular complexity index is 709. The van der Waals surface area contributed by atoms with Crippen LogP contribution in [0.1, 0.15) is 43.2 Å². The van der Waals surface area contributed by atoms with E-state index in [2.05, 4.69) is 33.8 Å². The molecule has 31 heavy (non-hydrogen) atoms. The lowest BCUT2D eigenvalue weighted by atomic mass is 9.95. The fourth-order valence-corrected chi connectivity index (χ4v) is 5.87. The van der Waals surface area contributed by atoms with Gasteiger partial charge in [-0.2, -0.15) is 11.8 Å². The third-order valence-electron chi connectivity index (χ3n) is 6.67. The van der Waals surface area contributed by atoms with Gasteiger partial charge in [-0.05, 0) is 31.9 Å². The minimum absolute atomic E-state index is 0. The number of aliphatic imine (C=N–C) groups is 1. The third-order valence-corrected chi connectivity index (χ3v) is 7.62. The maximum absolute atomic E-state index is 12.5. The normalized spacial score (nSPS) is 22.3. The summed E-state index contributed by atoms with van der Waals surface area (Å²) in [5, 5.41) is 3.50. The van der Waals surface area contributed by atoms with Crippen molar-refractivity contribution in [2.24, 2.45) is 4.99 Å². The lowest BCUT2D eigenvalue weighted by Crippen LogP contribution is -2.55. The summed E-state index contributed by atoms with van der Waals surface area (Å²) in [4.78, 5) is 24.6. The number of nitrogens with one attached hydrogen (secondary N) is 1. The van der Waals surface area contributed by atoms with E-state index < -0.39 is 0 Å². The molecule has 0 atom stereocenters. The van der Waals surface area contributed by atoms with Crippen molar-refractivity contribution >= 4 is 47.6 Å². The van der Waals surface area contributed by atoms with E-state index in [0.717, 1.165) is 32.1 Å². The van der Waals surface area contributed by atoms with Crippen LogP contribution in [0.3, 0.4) is 0 Å². The first kappa shape index (κ1) is 24.7. The minimum atomic E-state index is -0.0190. The lowest BCUT2D eigenvalue weighted by molar-refractivity contribution is 0.0657. The standard InChI is InChI=1S/C22H35N5O2S.HI/c1-2-23-21(24-18-22(7-3-4-8-22)27-13-16-30-17-14-27)26-11-9-25(10-12-26)20(28)19-6-5-15-29-19;/h5-6,15H,2-4,7-14,16-18H2,1H3,(H,23,24);1H. The quantitative estimate of drug-likeness (QED) is 0.339. The minimum Gasteiger partial charge on any atom is -0.459 e. The van der Waals surface area contributed by atoms with Gasteiger partial charge in [0.25, 0.3) is 5.91 Å². The SMILES string of the molecule is CCNC(=NCC1(N2CCSCC2)CCCC1)N1CCN(C(=O)c2ccco2)CC1.I. The van der Waals surface area contributed by atoms with Gasteiger partial charge in [0.15, 0.2) is 11.7 Å². The van der Waals surface area contributed by atoms with E-state index in [0.29, 0.717) is 18.8 Å². The van der Waals surface area contributed by atoms with Crippen molar-refractivity contribution in [2.75, 3.05) is 63.9 Å². The summed E-state index contributed by atoms with van der Waals surface area (Å²) in [6.45, 7) is 9.24. The van der Waals surface area contributed by atoms with Crippen LogP contribution in [0.4, 0.5) is 0 Å². The summed E-state index contributed by atoms with van der Waals surface area (Å²) in [6.07, 6.45) is 6.74. The second-order valence-corrected chi connectivity index (χ2v) is 9.68. The van der Waals surface area contributed by atoms with Crippen LogP contribution in [0, 0.1) is 0 Å². The predicted molar refractivity (Wildman–Crippen MR) is 138 cm³/mol. The summed E-state index contributed by atoms with van der Waals surface area (Å²) in [5.41, 5.74) is 0.249. The number of carbonyl (C=O) groups excluding carboxylic acids is 1. The van der Waals surface area contributed by atoms with Gasteiger partial charge < -0.3 is 19.5 Å². The Balaban J connectivity index is 0.00000272. The number of halogens is 1. The van der Waals surface area contributed by atoms with Gasteiger partial charge in [0, 0.05) is 62.9 Å². The number of hydrogen-bond acceptors (Lipinski definition) is 5. The van der Waals surface area contributed by atoms with E-state index >= 15 is 0 Å². The number of rotatable bonds is 5. The van der Waals surface area contributed by atoms with E-state index in [1.54, 1.807) is 18.4 Å². The number of amides is 1. The molecule has 0 unspecified atom stereocenters. The first-order chi connectivity index (χ1) is 14.7. The van der Waals surface area contributed by atoms with Crippen molar-refractivity contribution in [3.63, 3.8) is 0 Å². The highest BCUT2D eigenvalue weighted by atomic mass is 127. The van der Waals surface area contributed by atoms with Crippen LogP contribution in [0.15, 0.2) is 27.8 Å². The first-order valence-corrected chi connectivity index (χ1v) is 12.6. The Morgan fingerprint density at radius 2 is 1.81 bits per heavy atom. The zero-order valence-corrected chi connectivity index (χ0v) is 21.7. The molecule has 1 amide bonds. The molecule has 1 aliphatic carbocycles. The fraction of sp³-hybridized carbons (Fsp3) is 0.727. The van der Waals surface area contributed by atoms with Crippen molar-refractivity contribution < 1.29 is 9.21 Å². The summed E-state index contributed by atoms with van der Waals surface area (Å²) in [6, 6.07) is 3.50. The van der Waals surface area contributed by atoms with Crippen molar-refractivity contribution in [3.8, 4) is 0 Å². The van der Waals surface area contributed by atoms with Crippen LogP contribution in [0.5, 0.6) is 0 Å². The molecule has 2 aliphatic heterocycles. The van der Waals surface area contributed by atoms with E-state index in [1.807, 2.05) is 4.90 Å². The van der Waals surface area contributed by atoms with Gasteiger partial charge in [-0.25, -0.2) is 0 Å². The number of nitrogens with zero attached hydrogens (tertiary/aromatic N) is 4. The molecular formula is C22H36IN5O2S. The molecule has 0 spiro atoms. The molecule has 9 heteroatoms. The molecule has 2 saturated heterocycles. The second kappa shape index (κ2) is 11.8. The molecule has 3 fully saturated rings. The highest BCUT2D eigenvalue weighted by Crippen LogP contribution is 2.37. The molecule has 1 saturated carbocycles. The number of piperazine rings is 1. The van der Waals surface area contributed by atoms with Crippen LogP contribution in [-0.4, -0.2) is 96.0 Å². The zero-order valence-electron chi connectivity index (χ0n) is 18.6. The molecule has 174 valence electrons. The number of thioether (sulfide) groups is 1. The van der Waals surface area contributed by atoms with Gasteiger partial charge in [0.2, 0.25) is 0 Å². The Labute approximate surface area is 207 Å². The molecule has 4 rings (SSSR count). The summed E-state index contributed by atoms with van der Waals surface area (Å²) >= 11 is 2.08. The van der Waals surface area contributed by atoms with Gasteiger partial charge >= 0.3 is 0 Å². The maximum atomic E-state index is 12.5. The van der Waals surface area contributed by atoms with Crippen molar-refractivity contribution in [3.05, 3.63) is 24.2 Å². The van der Waals surface area contributed by atoms with E-state index in [9.17, 15) is 4.79 Å². The van der Waals surface area contributed by atoms with Gasteiger partial charge in [0.1, 0.15) is 0 Å². The van der Waals surface area contributed by atoms with Gasteiger partial charge in [0.05, 0.1) is 12.8 Å². The van der Waals surface area contributed by atoms with Gasteiger partial charge in [-0.1, -0.05) is 12.8 Å². The number of hydrogen-bond donors (Lipinski definition) is 1. The predicted octanol–water partition coefficient (Wildman–Crippen LogP) is 2.98. The van der Waals surface area contributed by atoms with Crippen molar-refractivity contribution in [2.45, 2.75) is 38.1 Å². The smallest absolute Gasteiger partial charge is 0.289 e. The van der Waals surface area contributed by atoms with Gasteiger partial charge in [-0.15, -0.1) is 24.0 Å². The topological polar surface area (TPSA) is 64.3 Å². The molecule has 1 N–H and O–H groups in total. The number of guanidine groups is 1. The Morgan fingerprint density at radius 3 is 2.42 bits per heavy atom. The number of furan rings is 1. The maximum Gasteiger partial charge on any atom is 0.289 e. The Hall–Kier alpha value is -0.940. The molecule has 1 aromatic rings.